The highest BCUT2D eigenvalue weighted by atomic mass is 32.1. The lowest BCUT2D eigenvalue weighted by Crippen LogP contribution is -2.26. The molecule has 0 saturated heterocycles. The van der Waals surface area contributed by atoms with Gasteiger partial charge in [-0.15, -0.1) is 11.3 Å². The van der Waals surface area contributed by atoms with Gasteiger partial charge in [-0.3, -0.25) is 0 Å². The zero-order chi connectivity index (χ0) is 57.3. The minimum atomic E-state index is -0.775. The number of hydrogen-bond acceptors (Lipinski definition) is 4. The third-order valence-corrected chi connectivity index (χ3v) is 19.6. The highest BCUT2D eigenvalue weighted by Gasteiger charge is 2.54. The van der Waals surface area contributed by atoms with Crippen LogP contribution in [0.2, 0.25) is 0 Å². The molecule has 2 aromatic heterocycles. The molecule has 0 radical (unpaired) electrons. The Labute approximate surface area is 502 Å². The van der Waals surface area contributed by atoms with Crippen molar-refractivity contribution >= 4 is 93.1 Å². The molecule has 0 aliphatic heterocycles. The molecule has 0 amide bonds. The number of furan rings is 1. The lowest BCUT2D eigenvalue weighted by molar-refractivity contribution is 0.590. The van der Waals surface area contributed by atoms with Crippen LogP contribution in [-0.2, 0) is 16.2 Å². The molecule has 3 aliphatic carbocycles. The highest BCUT2D eigenvalue weighted by Crippen LogP contribution is 2.68. The van der Waals surface area contributed by atoms with Gasteiger partial charge >= 0.3 is 0 Å². The smallest absolute Gasteiger partial charge is 0.145 e. The number of nitrogens with zero attached hydrogens (tertiary/aromatic N) is 2. The maximum absolute atomic E-state index is 7.63. The van der Waals surface area contributed by atoms with Crippen molar-refractivity contribution < 1.29 is 4.42 Å². The van der Waals surface area contributed by atoms with E-state index in [1.807, 2.05) is 11.3 Å². The lowest BCUT2D eigenvalue weighted by Gasteiger charge is -2.34. The van der Waals surface area contributed by atoms with Crippen LogP contribution < -0.4 is 9.80 Å². The van der Waals surface area contributed by atoms with Crippen LogP contribution in [0.25, 0.3) is 81.1 Å². The summed E-state index contributed by atoms with van der Waals surface area (Å²) < 4.78 is 10.1. The van der Waals surface area contributed by atoms with Crippen LogP contribution in [0, 0.1) is 0 Å². The van der Waals surface area contributed by atoms with E-state index in [1.165, 1.54) is 92.5 Å². The molecule has 0 N–H and O–H groups in total. The molecule has 410 valence electrons. The van der Waals surface area contributed by atoms with E-state index in [2.05, 4.69) is 306 Å². The average molecular weight is 1110 g/mol. The maximum Gasteiger partial charge on any atom is 0.145 e. The fraction of sp³-hybridized carbons (Fsp3) is 0.136. The molecule has 4 heteroatoms. The van der Waals surface area contributed by atoms with Crippen LogP contribution in [0.15, 0.2) is 259 Å². The van der Waals surface area contributed by atoms with Crippen LogP contribution in [-0.4, -0.2) is 0 Å². The van der Waals surface area contributed by atoms with Gasteiger partial charge in [0.15, 0.2) is 0 Å². The Morgan fingerprint density at radius 3 is 1.48 bits per heavy atom. The van der Waals surface area contributed by atoms with E-state index in [0.717, 1.165) is 74.5 Å². The first-order valence-corrected chi connectivity index (χ1v) is 30.9. The summed E-state index contributed by atoms with van der Waals surface area (Å²) in [5, 5.41) is 4.64. The number of rotatable bonds is 8. The molecule has 0 fully saturated rings. The number of allylic oxidation sites excluding steroid dienone is 4. The number of anilines is 6. The van der Waals surface area contributed by atoms with E-state index in [1.54, 1.807) is 0 Å². The van der Waals surface area contributed by atoms with Gasteiger partial charge in [0.1, 0.15) is 11.2 Å². The monoisotopic (exact) mass is 1110 g/mol. The van der Waals surface area contributed by atoms with Crippen molar-refractivity contribution in [3.05, 3.63) is 294 Å². The second-order valence-corrected chi connectivity index (χ2v) is 26.5. The molecule has 0 saturated carbocycles. The molecule has 3 aliphatic rings. The van der Waals surface area contributed by atoms with E-state index in [4.69, 9.17) is 4.42 Å². The summed E-state index contributed by atoms with van der Waals surface area (Å²) in [7, 11) is 0. The van der Waals surface area contributed by atoms with Crippen molar-refractivity contribution in [1.29, 1.82) is 0 Å². The average Bonchev–Trinajstić information content (AvgIpc) is 1.50. The van der Waals surface area contributed by atoms with Crippen molar-refractivity contribution in [2.75, 3.05) is 9.80 Å². The first kappa shape index (κ1) is 51.2. The molecule has 0 atom stereocenters. The predicted molar refractivity (Wildman–Crippen MR) is 361 cm³/mol. The number of para-hydroxylation sites is 1. The van der Waals surface area contributed by atoms with Gasteiger partial charge in [0.25, 0.3) is 0 Å². The maximum atomic E-state index is 7.63. The second kappa shape index (κ2) is 19.3. The third-order valence-electron chi connectivity index (χ3n) is 18.4. The number of benzene rings is 11. The van der Waals surface area contributed by atoms with E-state index in [-0.39, 0.29) is 10.8 Å². The molecule has 2 heterocycles. The molecule has 0 unspecified atom stereocenters. The van der Waals surface area contributed by atoms with E-state index >= 15 is 0 Å². The molecule has 13 aromatic rings. The Hall–Kier alpha value is -9.48. The van der Waals surface area contributed by atoms with Crippen LogP contribution in [0.4, 0.5) is 34.1 Å². The normalized spacial score (nSPS) is 14.0. The number of hydrogen-bond donors (Lipinski definition) is 0. The Bertz CT molecular complexity index is 4820. The summed E-state index contributed by atoms with van der Waals surface area (Å²) >= 11 is 1.91. The first-order valence-electron chi connectivity index (χ1n) is 30.0. The fourth-order valence-corrected chi connectivity index (χ4v) is 15.6. The predicted octanol–water partition coefficient (Wildman–Crippen LogP) is 23.2. The van der Waals surface area contributed by atoms with Gasteiger partial charge in [0, 0.05) is 59.4 Å². The van der Waals surface area contributed by atoms with Crippen molar-refractivity contribution in [2.24, 2.45) is 0 Å². The minimum Gasteiger partial charge on any atom is -0.455 e. The van der Waals surface area contributed by atoms with Crippen LogP contribution >= 0.6 is 11.3 Å². The molecule has 3 nitrogen and oxygen atoms in total. The summed E-state index contributed by atoms with van der Waals surface area (Å²) in [4.78, 5) is 5.05. The summed E-state index contributed by atoms with van der Waals surface area (Å²) in [5.74, 6) is 0. The van der Waals surface area contributed by atoms with Gasteiger partial charge < -0.3 is 14.2 Å². The molecular formula is C81H64N2OS. The highest BCUT2D eigenvalue weighted by molar-refractivity contribution is 7.26. The zero-order valence-corrected chi connectivity index (χ0v) is 49.7. The van der Waals surface area contributed by atoms with Crippen LogP contribution in [0.5, 0.6) is 0 Å². The van der Waals surface area contributed by atoms with Crippen molar-refractivity contribution in [3.63, 3.8) is 0 Å². The summed E-state index contributed by atoms with van der Waals surface area (Å²) in [6.45, 7) is 13.8. The number of fused-ring (bicyclic) bond motifs is 18. The van der Waals surface area contributed by atoms with Crippen LogP contribution in [0.3, 0.4) is 0 Å². The molecule has 0 bridgehead atoms. The van der Waals surface area contributed by atoms with Gasteiger partial charge in [-0.25, -0.2) is 0 Å². The topological polar surface area (TPSA) is 19.6 Å². The van der Waals surface area contributed by atoms with Crippen LogP contribution in [0.1, 0.15) is 93.3 Å². The van der Waals surface area contributed by atoms with Gasteiger partial charge in [0.2, 0.25) is 0 Å². The van der Waals surface area contributed by atoms with Gasteiger partial charge in [0.05, 0.1) is 22.2 Å². The molecule has 11 aromatic carbocycles. The summed E-state index contributed by atoms with van der Waals surface area (Å²) in [6, 6.07) is 89.3. The van der Waals surface area contributed by atoms with Crippen molar-refractivity contribution in [1.82, 2.24) is 0 Å². The SMILES string of the molecule is CC(C)(C)c1ccc(N(c2ccc(C3=CCCC=C3)cc2)c2cc3c(c4oc5ccccc5c24)-c2c(cc(N(c4ccc(-c5ccccc5)cc4)c4ccc(C(C)(C)C)cc4)c4c2sc2ccccc24)C32c3ccccc3-c3ccccc32)cc1. The largest absolute Gasteiger partial charge is 0.455 e. The second-order valence-electron chi connectivity index (χ2n) is 25.4. The molecular weight excluding hydrogens is 1050 g/mol. The molecule has 1 spiro atoms. The Balaban J connectivity index is 1.05. The van der Waals surface area contributed by atoms with Crippen molar-refractivity contribution in [3.8, 4) is 33.4 Å². The number of thiophene rings is 1. The Kier molecular flexibility index (Phi) is 11.6. The zero-order valence-electron chi connectivity index (χ0n) is 48.9. The van der Waals surface area contributed by atoms with Gasteiger partial charge in [-0.1, -0.05) is 224 Å². The fourth-order valence-electron chi connectivity index (χ4n) is 14.3. The minimum absolute atomic E-state index is 0.0212. The van der Waals surface area contributed by atoms with Crippen molar-refractivity contribution in [2.45, 2.75) is 70.6 Å². The lowest BCUT2D eigenvalue weighted by atomic mass is 9.70. The van der Waals surface area contributed by atoms with Gasteiger partial charge in [-0.05, 0) is 163 Å². The van der Waals surface area contributed by atoms with E-state index < -0.39 is 5.41 Å². The van der Waals surface area contributed by atoms with E-state index in [9.17, 15) is 0 Å². The standard InChI is InChI=1S/C81H64N2OS/c1-79(2,3)55-37-45-59(46-38-55)82(57-41-33-53(34-42-57)51-21-9-7-10-22-51)69-49-67-75(77-73(69)63-27-15-19-31-71(63)84-77)76-68(81(67)65-29-17-13-25-61(65)62-26-14-18-30-66(62)81)50-70(74-64-28-16-20-32-72(64)85-78(74)76)83(60-47-39-56(40-48-60)80(4,5)6)58-43-35-54(36-44-58)52-23-11-8-12-24-52/h8-9,11-50H,7,10H2,1-6H3. The molecule has 16 rings (SSSR count). The van der Waals surface area contributed by atoms with Gasteiger partial charge in [-0.2, -0.15) is 0 Å². The van der Waals surface area contributed by atoms with E-state index in [0.29, 0.717) is 0 Å². The summed E-state index contributed by atoms with van der Waals surface area (Å²) in [6.07, 6.45) is 9.08. The first-order chi connectivity index (χ1) is 41.4. The Morgan fingerprint density at radius 2 is 0.906 bits per heavy atom. The third kappa shape index (κ3) is 7.91. The summed E-state index contributed by atoms with van der Waals surface area (Å²) in [5.41, 5.74) is 24.9. The molecule has 85 heavy (non-hydrogen) atoms. The quantitative estimate of drug-likeness (QED) is 0.151. The Morgan fingerprint density at radius 1 is 0.424 bits per heavy atom.